The van der Waals surface area contributed by atoms with Gasteiger partial charge in [-0.3, -0.25) is 4.79 Å². The summed E-state index contributed by atoms with van der Waals surface area (Å²) < 4.78 is 40.0. The molecule has 0 unspecified atom stereocenters. The van der Waals surface area contributed by atoms with Crippen molar-refractivity contribution in [2.75, 3.05) is 11.9 Å². The third-order valence-corrected chi connectivity index (χ3v) is 2.87. The molecular formula is C11H10ClF3N4O. The Morgan fingerprint density at radius 2 is 2.05 bits per heavy atom. The number of carbonyl (C=O) groups is 1. The van der Waals surface area contributed by atoms with Gasteiger partial charge < -0.3 is 5.32 Å². The van der Waals surface area contributed by atoms with Crippen LogP contribution in [0.4, 0.5) is 19.1 Å². The maximum atomic E-state index is 13.8. The molecule has 0 fully saturated rings. The monoisotopic (exact) mass is 306 g/mol. The van der Waals surface area contributed by atoms with Gasteiger partial charge in [-0.05, 0) is 24.9 Å². The van der Waals surface area contributed by atoms with Crippen molar-refractivity contribution in [2.45, 2.75) is 25.7 Å². The first kappa shape index (κ1) is 14.7. The summed E-state index contributed by atoms with van der Waals surface area (Å²) in [6.45, 7) is 2.26. The van der Waals surface area contributed by atoms with Gasteiger partial charge >= 0.3 is 5.92 Å². The highest BCUT2D eigenvalue weighted by Gasteiger charge is 2.46. The second-order valence-corrected chi connectivity index (χ2v) is 4.45. The molecule has 9 heteroatoms. The summed E-state index contributed by atoms with van der Waals surface area (Å²) in [7, 11) is 0. The number of rotatable bonds is 3. The number of nitrogens with one attached hydrogen (secondary N) is 1. The predicted molar refractivity (Wildman–Crippen MR) is 66.2 cm³/mol. The van der Waals surface area contributed by atoms with E-state index in [1.165, 1.54) is 0 Å². The van der Waals surface area contributed by atoms with Crippen LogP contribution in [0.3, 0.4) is 0 Å². The van der Waals surface area contributed by atoms with Gasteiger partial charge in [0.1, 0.15) is 0 Å². The highest BCUT2D eigenvalue weighted by atomic mass is 35.5. The molecule has 0 saturated heterocycles. The van der Waals surface area contributed by atoms with Gasteiger partial charge in [0, 0.05) is 18.5 Å². The molecule has 1 N–H and O–H groups in total. The van der Waals surface area contributed by atoms with E-state index in [0.717, 1.165) is 0 Å². The largest absolute Gasteiger partial charge is 0.354 e. The zero-order valence-electron chi connectivity index (χ0n) is 10.4. The molecular weight excluding hydrogens is 297 g/mol. The normalized spacial score (nSPS) is 18.4. The summed E-state index contributed by atoms with van der Waals surface area (Å²) in [6.07, 6.45) is -1.13. The molecule has 2 rings (SSSR count). The molecule has 0 bridgehead atoms. The van der Waals surface area contributed by atoms with Crippen LogP contribution in [-0.2, 0) is 4.79 Å². The highest BCUT2D eigenvalue weighted by molar-refractivity contribution is 6.28. The molecule has 1 aliphatic carbocycles. The van der Waals surface area contributed by atoms with Gasteiger partial charge in [-0.2, -0.15) is 23.7 Å². The van der Waals surface area contributed by atoms with Crippen molar-refractivity contribution >= 4 is 28.9 Å². The fourth-order valence-corrected chi connectivity index (χ4v) is 1.90. The number of hydrogen-bond acceptors (Lipinski definition) is 5. The fourth-order valence-electron chi connectivity index (χ4n) is 1.74. The average Bonchev–Trinajstić information content (AvgIpc) is 2.36. The van der Waals surface area contributed by atoms with Crippen LogP contribution in [0.1, 0.15) is 25.6 Å². The number of hydrogen-bond donors (Lipinski definition) is 1. The third kappa shape index (κ3) is 2.74. The average molecular weight is 307 g/mol. The Hall–Kier alpha value is -1.70. The van der Waals surface area contributed by atoms with Crippen molar-refractivity contribution in [1.82, 2.24) is 15.0 Å². The van der Waals surface area contributed by atoms with Crippen molar-refractivity contribution in [2.24, 2.45) is 0 Å². The number of ketones is 1. The number of Topliss-reactive ketones (excluding diaryl/α,β-unsaturated/α-hetero) is 1. The van der Waals surface area contributed by atoms with Crippen LogP contribution in [0.2, 0.25) is 5.28 Å². The van der Waals surface area contributed by atoms with Crippen LogP contribution in [0, 0.1) is 0 Å². The molecule has 0 amide bonds. The summed E-state index contributed by atoms with van der Waals surface area (Å²) in [5.41, 5.74) is -0.274. The third-order valence-electron chi connectivity index (χ3n) is 2.70. The minimum absolute atomic E-state index is 0.0904. The summed E-state index contributed by atoms with van der Waals surface area (Å²) >= 11 is 5.66. The molecule has 1 aromatic heterocycles. The maximum Gasteiger partial charge on any atom is 0.312 e. The van der Waals surface area contributed by atoms with Gasteiger partial charge in [0.15, 0.2) is 11.7 Å². The summed E-state index contributed by atoms with van der Waals surface area (Å²) in [4.78, 5) is 22.5. The first-order chi connectivity index (χ1) is 9.35. The summed E-state index contributed by atoms with van der Waals surface area (Å²) in [5.74, 6) is -7.17. The molecule has 0 radical (unpaired) electrons. The van der Waals surface area contributed by atoms with Crippen molar-refractivity contribution < 1.29 is 18.0 Å². The van der Waals surface area contributed by atoms with E-state index >= 15 is 0 Å². The second-order valence-electron chi connectivity index (χ2n) is 4.11. The lowest BCUT2D eigenvalue weighted by Gasteiger charge is -2.21. The topological polar surface area (TPSA) is 67.8 Å². The second kappa shape index (κ2) is 5.35. The number of carbonyl (C=O) groups excluding carboxylic acids is 1. The van der Waals surface area contributed by atoms with Crippen molar-refractivity contribution in [3.8, 4) is 0 Å². The van der Waals surface area contributed by atoms with Crippen molar-refractivity contribution in [1.29, 1.82) is 0 Å². The number of alkyl halides is 2. The van der Waals surface area contributed by atoms with E-state index in [-0.39, 0.29) is 29.1 Å². The Balaban J connectivity index is 2.46. The minimum atomic E-state index is -3.69. The van der Waals surface area contributed by atoms with Crippen LogP contribution in [0.25, 0.3) is 5.57 Å². The van der Waals surface area contributed by atoms with Crippen LogP contribution in [0.5, 0.6) is 0 Å². The quantitative estimate of drug-likeness (QED) is 0.930. The lowest BCUT2D eigenvalue weighted by molar-refractivity contribution is -0.141. The highest BCUT2D eigenvalue weighted by Crippen LogP contribution is 2.38. The number of halogens is 4. The fraction of sp³-hybridized carbons (Fsp3) is 0.455. The van der Waals surface area contributed by atoms with Gasteiger partial charge in [0.25, 0.3) is 5.78 Å². The van der Waals surface area contributed by atoms with Gasteiger partial charge in [-0.1, -0.05) is 0 Å². The lowest BCUT2D eigenvalue weighted by atomic mass is 9.93. The van der Waals surface area contributed by atoms with Crippen LogP contribution >= 0.6 is 11.6 Å². The Kier molecular flexibility index (Phi) is 3.94. The van der Waals surface area contributed by atoms with E-state index in [0.29, 0.717) is 6.54 Å². The van der Waals surface area contributed by atoms with E-state index in [9.17, 15) is 18.0 Å². The molecule has 20 heavy (non-hydrogen) atoms. The lowest BCUT2D eigenvalue weighted by Crippen LogP contribution is -2.33. The van der Waals surface area contributed by atoms with Crippen LogP contribution in [-0.4, -0.2) is 33.2 Å². The maximum absolute atomic E-state index is 13.8. The van der Waals surface area contributed by atoms with E-state index in [1.54, 1.807) is 6.92 Å². The number of nitrogens with zero attached hydrogens (tertiary/aromatic N) is 3. The molecule has 108 valence electrons. The first-order valence-corrected chi connectivity index (χ1v) is 6.20. The molecule has 0 aromatic carbocycles. The smallest absolute Gasteiger partial charge is 0.312 e. The van der Waals surface area contributed by atoms with Crippen LogP contribution in [0.15, 0.2) is 5.83 Å². The SMILES string of the molecule is CCNc1nc(Cl)nc(C2=C(F)C(=O)C(F)(F)CC2)n1. The van der Waals surface area contributed by atoms with E-state index in [4.69, 9.17) is 11.6 Å². The predicted octanol–water partition coefficient (Wildman–Crippen LogP) is 2.64. The molecule has 1 aliphatic rings. The summed E-state index contributed by atoms with van der Waals surface area (Å²) in [6, 6.07) is 0. The molecule has 1 heterocycles. The number of allylic oxidation sites excluding steroid dienone is 2. The van der Waals surface area contributed by atoms with Gasteiger partial charge in [0.05, 0.1) is 0 Å². The molecule has 0 aliphatic heterocycles. The molecule has 5 nitrogen and oxygen atoms in total. The molecule has 0 saturated carbocycles. The van der Waals surface area contributed by atoms with Gasteiger partial charge in [-0.15, -0.1) is 0 Å². The Labute approximate surface area is 117 Å². The number of aromatic nitrogens is 3. The molecule has 0 spiro atoms. The van der Waals surface area contributed by atoms with Gasteiger partial charge in [-0.25, -0.2) is 4.39 Å². The van der Waals surface area contributed by atoms with Crippen LogP contribution < -0.4 is 5.32 Å². The van der Waals surface area contributed by atoms with E-state index < -0.39 is 24.0 Å². The Bertz CT molecular complexity index is 591. The van der Waals surface area contributed by atoms with Gasteiger partial charge in [0.2, 0.25) is 11.2 Å². The number of anilines is 1. The molecule has 0 atom stereocenters. The van der Waals surface area contributed by atoms with E-state index in [2.05, 4.69) is 20.3 Å². The zero-order chi connectivity index (χ0) is 14.9. The van der Waals surface area contributed by atoms with Crippen molar-refractivity contribution in [3.63, 3.8) is 0 Å². The van der Waals surface area contributed by atoms with Crippen molar-refractivity contribution in [3.05, 3.63) is 16.9 Å². The Morgan fingerprint density at radius 1 is 1.35 bits per heavy atom. The van der Waals surface area contributed by atoms with E-state index in [1.807, 2.05) is 0 Å². The minimum Gasteiger partial charge on any atom is -0.354 e. The first-order valence-electron chi connectivity index (χ1n) is 5.82. The standard InChI is InChI=1S/C11H10ClF3N4O/c1-2-16-10-18-8(17-9(12)19-10)5-3-4-11(14,15)7(20)6(5)13/h2-4H2,1H3,(H,16,17,18,19). The summed E-state index contributed by atoms with van der Waals surface area (Å²) in [5, 5.41) is 2.53. The molecule has 1 aromatic rings. The zero-order valence-corrected chi connectivity index (χ0v) is 11.1. The Morgan fingerprint density at radius 3 is 2.70 bits per heavy atom.